The highest BCUT2D eigenvalue weighted by Crippen LogP contribution is 2.44. The highest BCUT2D eigenvalue weighted by molar-refractivity contribution is 5.97. The fourth-order valence-corrected chi connectivity index (χ4v) is 5.65. The molecule has 2 amide bonds. The zero-order chi connectivity index (χ0) is 32.5. The van der Waals surface area contributed by atoms with Crippen LogP contribution in [-0.2, 0) is 19.0 Å². The van der Waals surface area contributed by atoms with Crippen LogP contribution in [0.1, 0.15) is 46.8 Å². The molecule has 9 heteroatoms. The Morgan fingerprint density at radius 2 is 1.52 bits per heavy atom. The first-order valence-electron chi connectivity index (χ1n) is 15.3. The number of nitrogens with zero attached hydrogens (tertiary/aromatic N) is 1. The average molecular weight is 620 g/mol. The number of benzene rings is 3. The van der Waals surface area contributed by atoms with E-state index >= 15 is 0 Å². The Kier molecular flexibility index (Phi) is 10.7. The molecule has 1 aliphatic carbocycles. The molecule has 0 spiro atoms. The van der Waals surface area contributed by atoms with E-state index in [9.17, 15) is 14.4 Å². The number of esters is 1. The van der Waals surface area contributed by atoms with Gasteiger partial charge in [0.25, 0.3) is 5.91 Å². The molecule has 1 heterocycles. The fourth-order valence-electron chi connectivity index (χ4n) is 5.65. The Morgan fingerprint density at radius 3 is 2.15 bits per heavy atom. The highest BCUT2D eigenvalue weighted by atomic mass is 16.5. The van der Waals surface area contributed by atoms with Gasteiger partial charge < -0.3 is 24.8 Å². The number of alkyl carbamates (subject to hydrolysis) is 1. The van der Waals surface area contributed by atoms with Crippen molar-refractivity contribution in [3.05, 3.63) is 95.1 Å². The molecule has 1 fully saturated rings. The summed E-state index contributed by atoms with van der Waals surface area (Å²) in [6.45, 7) is 6.90. The molecule has 9 nitrogen and oxygen atoms in total. The summed E-state index contributed by atoms with van der Waals surface area (Å²) < 4.78 is 15.9. The zero-order valence-corrected chi connectivity index (χ0v) is 26.2. The standard InChI is InChI=1S/C37H37N3O6/c1-25(40-20-22-45-23-21-40)10-4-5-11-27-16-18-28(19-17-27)35(41)39-34(36(42)44-3)26(2)38-37(43)46-24-33-31-14-8-6-12-29(31)30-13-7-9-15-32(30)33/h6-9,12-19,25-26,33-34H,20-24H2,1-3H3,(H,38,43)(H,39,41)/t25-,26?,34?/m1/s1. The summed E-state index contributed by atoms with van der Waals surface area (Å²) in [5.74, 6) is 10.6. The number of methoxy groups -OCH3 is 1. The van der Waals surface area contributed by atoms with Crippen LogP contribution in [0.4, 0.5) is 4.79 Å². The van der Waals surface area contributed by atoms with Crippen molar-refractivity contribution in [2.45, 2.75) is 37.9 Å². The molecule has 3 atom stereocenters. The maximum Gasteiger partial charge on any atom is 0.407 e. The van der Waals surface area contributed by atoms with E-state index in [-0.39, 0.29) is 18.6 Å². The Bertz CT molecular complexity index is 1650. The van der Waals surface area contributed by atoms with Crippen molar-refractivity contribution >= 4 is 18.0 Å². The fraction of sp³-hybridized carbons (Fsp3) is 0.324. The second-order valence-electron chi connectivity index (χ2n) is 11.2. The van der Waals surface area contributed by atoms with Crippen LogP contribution in [0.3, 0.4) is 0 Å². The summed E-state index contributed by atoms with van der Waals surface area (Å²) >= 11 is 0. The van der Waals surface area contributed by atoms with Crippen molar-refractivity contribution in [2.75, 3.05) is 40.0 Å². The Balaban J connectivity index is 1.15. The van der Waals surface area contributed by atoms with Crippen LogP contribution in [0, 0.1) is 23.7 Å². The lowest BCUT2D eigenvalue weighted by molar-refractivity contribution is -0.143. The normalized spacial score (nSPS) is 15.7. The number of hydrogen-bond donors (Lipinski definition) is 2. The number of carbonyl (C=O) groups is 3. The third kappa shape index (κ3) is 7.76. The minimum absolute atomic E-state index is 0.0908. The van der Waals surface area contributed by atoms with Gasteiger partial charge in [-0.05, 0) is 72.2 Å². The molecule has 2 aliphatic rings. The second-order valence-corrected chi connectivity index (χ2v) is 11.2. The summed E-state index contributed by atoms with van der Waals surface area (Å²) in [6.07, 6.45) is -0.706. The highest BCUT2D eigenvalue weighted by Gasteiger charge is 2.32. The molecule has 46 heavy (non-hydrogen) atoms. The van der Waals surface area contributed by atoms with E-state index < -0.39 is 30.1 Å². The van der Waals surface area contributed by atoms with Crippen LogP contribution in [0.25, 0.3) is 11.1 Å². The molecule has 0 radical (unpaired) electrons. The molecule has 0 saturated carbocycles. The number of rotatable bonds is 8. The summed E-state index contributed by atoms with van der Waals surface area (Å²) in [6, 6.07) is 20.9. The van der Waals surface area contributed by atoms with Crippen LogP contribution in [0.2, 0.25) is 0 Å². The lowest BCUT2D eigenvalue weighted by Gasteiger charge is -2.29. The van der Waals surface area contributed by atoms with Crippen LogP contribution in [-0.4, -0.2) is 81.0 Å². The van der Waals surface area contributed by atoms with E-state index in [1.807, 2.05) is 43.3 Å². The Hall–Kier alpha value is -5.09. The molecular formula is C37H37N3O6. The number of amides is 2. The first kappa shape index (κ1) is 32.3. The van der Waals surface area contributed by atoms with Gasteiger partial charge in [0.1, 0.15) is 12.6 Å². The molecular weight excluding hydrogens is 582 g/mol. The molecule has 236 valence electrons. The van der Waals surface area contributed by atoms with Crippen molar-refractivity contribution in [1.82, 2.24) is 15.5 Å². The van der Waals surface area contributed by atoms with Crippen molar-refractivity contribution < 1.29 is 28.6 Å². The van der Waals surface area contributed by atoms with Gasteiger partial charge in [0.2, 0.25) is 0 Å². The Labute approximate surface area is 269 Å². The van der Waals surface area contributed by atoms with Crippen molar-refractivity contribution in [3.8, 4) is 34.8 Å². The summed E-state index contributed by atoms with van der Waals surface area (Å²) in [4.78, 5) is 40.8. The summed E-state index contributed by atoms with van der Waals surface area (Å²) in [5, 5.41) is 5.35. The van der Waals surface area contributed by atoms with Crippen LogP contribution in [0.15, 0.2) is 72.8 Å². The minimum Gasteiger partial charge on any atom is -0.467 e. The second kappa shape index (κ2) is 15.3. The molecule has 0 bridgehead atoms. The van der Waals surface area contributed by atoms with E-state index in [0.717, 1.165) is 35.3 Å². The number of carbonyl (C=O) groups excluding carboxylic acids is 3. The van der Waals surface area contributed by atoms with E-state index in [2.05, 4.69) is 51.3 Å². The predicted octanol–water partition coefficient (Wildman–Crippen LogP) is 3.96. The van der Waals surface area contributed by atoms with Crippen molar-refractivity contribution in [2.24, 2.45) is 0 Å². The van der Waals surface area contributed by atoms with Gasteiger partial charge in [-0.3, -0.25) is 9.69 Å². The summed E-state index contributed by atoms with van der Waals surface area (Å²) in [7, 11) is 1.22. The molecule has 5 rings (SSSR count). The van der Waals surface area contributed by atoms with Gasteiger partial charge in [-0.15, -0.1) is 0 Å². The van der Waals surface area contributed by atoms with Gasteiger partial charge >= 0.3 is 12.1 Å². The average Bonchev–Trinajstić information content (AvgIpc) is 3.41. The number of fused-ring (bicyclic) bond motifs is 3. The van der Waals surface area contributed by atoms with Gasteiger partial charge in [-0.2, -0.15) is 0 Å². The summed E-state index contributed by atoms with van der Waals surface area (Å²) in [5.41, 5.74) is 5.44. The number of morpholine rings is 1. The third-order valence-electron chi connectivity index (χ3n) is 8.22. The van der Waals surface area contributed by atoms with Gasteiger partial charge in [0.15, 0.2) is 0 Å². The van der Waals surface area contributed by atoms with Gasteiger partial charge in [-0.1, -0.05) is 60.4 Å². The van der Waals surface area contributed by atoms with E-state index in [4.69, 9.17) is 14.2 Å². The van der Waals surface area contributed by atoms with Crippen LogP contribution >= 0.6 is 0 Å². The largest absolute Gasteiger partial charge is 0.467 e. The molecule has 2 unspecified atom stereocenters. The molecule has 1 saturated heterocycles. The number of nitrogens with one attached hydrogen (secondary N) is 2. The van der Waals surface area contributed by atoms with Crippen molar-refractivity contribution in [3.63, 3.8) is 0 Å². The first-order chi connectivity index (χ1) is 22.4. The predicted molar refractivity (Wildman–Crippen MR) is 174 cm³/mol. The SMILES string of the molecule is COC(=O)C(NC(=O)c1ccc(C#CC#C[C@@H](C)N2CCOCC2)cc1)C(C)NC(=O)OCC1c2ccccc2-c2ccccc21. The molecule has 3 aromatic rings. The van der Waals surface area contributed by atoms with E-state index in [0.29, 0.717) is 24.3 Å². The third-order valence-corrected chi connectivity index (χ3v) is 8.22. The maximum absolute atomic E-state index is 13.1. The molecule has 3 aromatic carbocycles. The number of ether oxygens (including phenoxy) is 3. The van der Waals surface area contributed by atoms with Gasteiger partial charge in [0, 0.05) is 30.1 Å². The molecule has 2 N–H and O–H groups in total. The topological polar surface area (TPSA) is 106 Å². The minimum atomic E-state index is -1.15. The van der Waals surface area contributed by atoms with Crippen LogP contribution in [0.5, 0.6) is 0 Å². The monoisotopic (exact) mass is 619 g/mol. The van der Waals surface area contributed by atoms with E-state index in [1.165, 1.54) is 7.11 Å². The quantitative estimate of drug-likeness (QED) is 0.291. The lowest BCUT2D eigenvalue weighted by Crippen LogP contribution is -2.54. The zero-order valence-electron chi connectivity index (χ0n) is 26.2. The van der Waals surface area contributed by atoms with Crippen LogP contribution < -0.4 is 10.6 Å². The Morgan fingerprint density at radius 1 is 0.891 bits per heavy atom. The molecule has 0 aromatic heterocycles. The maximum atomic E-state index is 13.1. The smallest absolute Gasteiger partial charge is 0.407 e. The first-order valence-corrected chi connectivity index (χ1v) is 15.3. The van der Waals surface area contributed by atoms with Crippen molar-refractivity contribution in [1.29, 1.82) is 0 Å². The van der Waals surface area contributed by atoms with E-state index in [1.54, 1.807) is 31.2 Å². The lowest BCUT2D eigenvalue weighted by atomic mass is 9.98. The van der Waals surface area contributed by atoms with Gasteiger partial charge in [0.05, 0.1) is 32.4 Å². The molecule has 1 aliphatic heterocycles. The van der Waals surface area contributed by atoms with Gasteiger partial charge in [-0.25, -0.2) is 9.59 Å². The number of hydrogen-bond acceptors (Lipinski definition) is 7.